The van der Waals surface area contributed by atoms with Crippen molar-refractivity contribution in [2.75, 3.05) is 19.8 Å². The molecule has 0 saturated carbocycles. The Kier molecular flexibility index (Phi) is 5.71. The summed E-state index contributed by atoms with van der Waals surface area (Å²) in [5, 5.41) is 3.35. The van der Waals surface area contributed by atoms with Gasteiger partial charge in [-0.3, -0.25) is 0 Å². The van der Waals surface area contributed by atoms with E-state index in [-0.39, 0.29) is 0 Å². The molecular weight excluding hydrogens is 230 g/mol. The van der Waals surface area contributed by atoms with Gasteiger partial charge in [0.05, 0.1) is 25.5 Å². The molecule has 0 bridgehead atoms. The van der Waals surface area contributed by atoms with Crippen molar-refractivity contribution in [3.63, 3.8) is 0 Å². The Morgan fingerprint density at radius 1 is 1.39 bits per heavy atom. The summed E-state index contributed by atoms with van der Waals surface area (Å²) in [5.74, 6) is 0.996. The minimum atomic E-state index is 0.338. The van der Waals surface area contributed by atoms with Gasteiger partial charge in [0.25, 0.3) is 0 Å². The molecule has 0 amide bonds. The van der Waals surface area contributed by atoms with Crippen LogP contribution in [-0.4, -0.2) is 25.9 Å². The molecule has 1 aliphatic rings. The monoisotopic (exact) mass is 253 g/mol. The standard InChI is InChI=1S/C14H23NO3/c1-2-6-15-10-14-12(3-9-17-14)11-18-13-4-7-16-8-5-13/h3,9,13,15H,2,4-8,10-11H2,1H3. The first-order valence-corrected chi connectivity index (χ1v) is 6.85. The van der Waals surface area contributed by atoms with Gasteiger partial charge in [-0.2, -0.15) is 0 Å². The largest absolute Gasteiger partial charge is 0.468 e. The predicted octanol–water partition coefficient (Wildman–Crippen LogP) is 2.47. The van der Waals surface area contributed by atoms with E-state index < -0.39 is 0 Å². The minimum Gasteiger partial charge on any atom is -0.468 e. The van der Waals surface area contributed by atoms with E-state index in [4.69, 9.17) is 13.9 Å². The fourth-order valence-electron chi connectivity index (χ4n) is 2.08. The van der Waals surface area contributed by atoms with E-state index in [2.05, 4.69) is 12.2 Å². The van der Waals surface area contributed by atoms with Gasteiger partial charge in [0, 0.05) is 18.8 Å². The van der Waals surface area contributed by atoms with Crippen molar-refractivity contribution >= 4 is 0 Å². The third kappa shape index (κ3) is 4.12. The molecule has 0 aromatic carbocycles. The molecule has 4 nitrogen and oxygen atoms in total. The minimum absolute atomic E-state index is 0.338. The molecule has 0 radical (unpaired) electrons. The molecule has 1 N–H and O–H groups in total. The van der Waals surface area contributed by atoms with E-state index in [9.17, 15) is 0 Å². The van der Waals surface area contributed by atoms with E-state index in [1.807, 2.05) is 6.07 Å². The highest BCUT2D eigenvalue weighted by atomic mass is 16.5. The van der Waals surface area contributed by atoms with Crippen LogP contribution in [-0.2, 0) is 22.6 Å². The zero-order chi connectivity index (χ0) is 12.6. The van der Waals surface area contributed by atoms with E-state index in [1.54, 1.807) is 6.26 Å². The molecule has 1 aromatic heterocycles. The number of nitrogens with one attached hydrogen (secondary N) is 1. The molecule has 18 heavy (non-hydrogen) atoms. The molecule has 102 valence electrons. The maximum absolute atomic E-state index is 5.91. The lowest BCUT2D eigenvalue weighted by atomic mass is 10.1. The maximum atomic E-state index is 5.91. The number of hydrogen-bond donors (Lipinski definition) is 1. The molecule has 0 spiro atoms. The highest BCUT2D eigenvalue weighted by Gasteiger charge is 2.15. The van der Waals surface area contributed by atoms with Crippen molar-refractivity contribution < 1.29 is 13.9 Å². The van der Waals surface area contributed by atoms with Gasteiger partial charge in [-0.05, 0) is 31.9 Å². The Hall–Kier alpha value is -0.840. The summed E-state index contributed by atoms with van der Waals surface area (Å²) >= 11 is 0. The van der Waals surface area contributed by atoms with Crippen molar-refractivity contribution in [2.45, 2.75) is 45.4 Å². The Balaban J connectivity index is 1.75. The third-order valence-electron chi connectivity index (χ3n) is 3.19. The van der Waals surface area contributed by atoms with Crippen molar-refractivity contribution in [3.8, 4) is 0 Å². The van der Waals surface area contributed by atoms with Crippen LogP contribution in [0.2, 0.25) is 0 Å². The van der Waals surface area contributed by atoms with Gasteiger partial charge < -0.3 is 19.2 Å². The van der Waals surface area contributed by atoms with Crippen LogP contribution in [0.3, 0.4) is 0 Å². The molecule has 1 fully saturated rings. The van der Waals surface area contributed by atoms with Crippen molar-refractivity contribution in [2.24, 2.45) is 0 Å². The normalized spacial score (nSPS) is 17.2. The highest BCUT2D eigenvalue weighted by molar-refractivity contribution is 5.15. The number of ether oxygens (including phenoxy) is 2. The molecule has 4 heteroatoms. The molecule has 1 aliphatic heterocycles. The van der Waals surface area contributed by atoms with Gasteiger partial charge in [-0.25, -0.2) is 0 Å². The molecule has 2 rings (SSSR count). The second-order valence-electron chi connectivity index (χ2n) is 4.67. The first-order chi connectivity index (χ1) is 8.90. The number of hydrogen-bond acceptors (Lipinski definition) is 4. The van der Waals surface area contributed by atoms with E-state index in [1.165, 1.54) is 0 Å². The van der Waals surface area contributed by atoms with E-state index >= 15 is 0 Å². The third-order valence-corrected chi connectivity index (χ3v) is 3.19. The smallest absolute Gasteiger partial charge is 0.123 e. The van der Waals surface area contributed by atoms with Crippen LogP contribution in [0.25, 0.3) is 0 Å². The van der Waals surface area contributed by atoms with Crippen LogP contribution in [0.1, 0.15) is 37.5 Å². The zero-order valence-electron chi connectivity index (χ0n) is 11.1. The van der Waals surface area contributed by atoms with Gasteiger partial charge in [-0.15, -0.1) is 0 Å². The quantitative estimate of drug-likeness (QED) is 0.758. The summed E-state index contributed by atoms with van der Waals surface area (Å²) in [6.07, 6.45) is 5.22. The summed E-state index contributed by atoms with van der Waals surface area (Å²) in [7, 11) is 0. The first kappa shape index (κ1) is 13.6. The summed E-state index contributed by atoms with van der Waals surface area (Å²) in [6.45, 7) is 6.24. The molecule has 1 saturated heterocycles. The second-order valence-corrected chi connectivity index (χ2v) is 4.67. The lowest BCUT2D eigenvalue weighted by molar-refractivity contribution is -0.0393. The van der Waals surface area contributed by atoms with Crippen molar-refractivity contribution in [1.29, 1.82) is 0 Å². The Labute approximate surface area is 109 Å². The van der Waals surface area contributed by atoms with Crippen LogP contribution >= 0.6 is 0 Å². The fourth-order valence-corrected chi connectivity index (χ4v) is 2.08. The molecule has 1 aromatic rings. The number of furan rings is 1. The number of rotatable bonds is 7. The maximum Gasteiger partial charge on any atom is 0.123 e. The van der Waals surface area contributed by atoms with Gasteiger partial charge in [0.2, 0.25) is 0 Å². The van der Waals surface area contributed by atoms with Gasteiger partial charge in [0.15, 0.2) is 0 Å². The van der Waals surface area contributed by atoms with Crippen LogP contribution in [0, 0.1) is 0 Å². The van der Waals surface area contributed by atoms with Crippen LogP contribution < -0.4 is 5.32 Å². The van der Waals surface area contributed by atoms with E-state index in [0.29, 0.717) is 12.7 Å². The van der Waals surface area contributed by atoms with Gasteiger partial charge >= 0.3 is 0 Å². The molecule has 0 aliphatic carbocycles. The van der Waals surface area contributed by atoms with Crippen LogP contribution in [0.5, 0.6) is 0 Å². The average Bonchev–Trinajstić information content (AvgIpc) is 2.86. The summed E-state index contributed by atoms with van der Waals surface area (Å²) in [4.78, 5) is 0. The topological polar surface area (TPSA) is 43.6 Å². The Bertz CT molecular complexity index is 332. The lowest BCUT2D eigenvalue weighted by Gasteiger charge is -2.22. The summed E-state index contributed by atoms with van der Waals surface area (Å²) in [6, 6.07) is 2.00. The average molecular weight is 253 g/mol. The van der Waals surface area contributed by atoms with Crippen LogP contribution in [0.4, 0.5) is 0 Å². The Morgan fingerprint density at radius 2 is 2.22 bits per heavy atom. The Morgan fingerprint density at radius 3 is 3.00 bits per heavy atom. The van der Waals surface area contributed by atoms with Gasteiger partial charge in [-0.1, -0.05) is 6.92 Å². The summed E-state index contributed by atoms with van der Waals surface area (Å²) in [5.41, 5.74) is 1.16. The predicted molar refractivity (Wildman–Crippen MR) is 69.3 cm³/mol. The van der Waals surface area contributed by atoms with Gasteiger partial charge in [0.1, 0.15) is 5.76 Å². The van der Waals surface area contributed by atoms with Crippen LogP contribution in [0.15, 0.2) is 16.7 Å². The molecule has 0 atom stereocenters. The first-order valence-electron chi connectivity index (χ1n) is 6.85. The fraction of sp³-hybridized carbons (Fsp3) is 0.714. The second kappa shape index (κ2) is 7.56. The lowest BCUT2D eigenvalue weighted by Crippen LogP contribution is -2.23. The van der Waals surface area contributed by atoms with E-state index in [0.717, 1.165) is 56.9 Å². The zero-order valence-corrected chi connectivity index (χ0v) is 11.1. The van der Waals surface area contributed by atoms with Crippen molar-refractivity contribution in [3.05, 3.63) is 23.7 Å². The highest BCUT2D eigenvalue weighted by Crippen LogP contribution is 2.16. The van der Waals surface area contributed by atoms with Crippen molar-refractivity contribution in [1.82, 2.24) is 5.32 Å². The molecule has 0 unspecified atom stereocenters. The summed E-state index contributed by atoms with van der Waals surface area (Å²) < 4.78 is 16.7. The molecular formula is C14H23NO3. The molecule has 2 heterocycles. The SMILES string of the molecule is CCCNCc1occc1COC1CCOCC1.